The lowest BCUT2D eigenvalue weighted by atomic mass is 9.96. The van der Waals surface area contributed by atoms with Gasteiger partial charge in [0.25, 0.3) is 0 Å². The van der Waals surface area contributed by atoms with Gasteiger partial charge >= 0.3 is 5.97 Å². The molecule has 10 heteroatoms. The summed E-state index contributed by atoms with van der Waals surface area (Å²) >= 11 is 0. The summed E-state index contributed by atoms with van der Waals surface area (Å²) in [7, 11) is 0. The molecular weight excluding hydrogens is 414 g/mol. The van der Waals surface area contributed by atoms with Crippen molar-refractivity contribution in [3.05, 3.63) is 0 Å². The van der Waals surface area contributed by atoms with Crippen LogP contribution < -0.4 is 21.7 Å². The summed E-state index contributed by atoms with van der Waals surface area (Å²) in [6.07, 6.45) is 5.12. The van der Waals surface area contributed by atoms with E-state index in [2.05, 4.69) is 16.0 Å². The van der Waals surface area contributed by atoms with Crippen molar-refractivity contribution in [2.75, 3.05) is 19.6 Å². The molecule has 6 N–H and O–H groups in total. The average molecular weight is 454 g/mol. The number of hydrogen-bond acceptors (Lipinski definition) is 6. The zero-order valence-corrected chi connectivity index (χ0v) is 19.3. The van der Waals surface area contributed by atoms with Crippen LogP contribution in [0.1, 0.15) is 65.2 Å². The highest BCUT2D eigenvalue weighted by molar-refractivity contribution is 5.94. The van der Waals surface area contributed by atoms with Gasteiger partial charge < -0.3 is 31.7 Å². The Morgan fingerprint density at radius 3 is 2.50 bits per heavy atom. The van der Waals surface area contributed by atoms with Gasteiger partial charge in [-0.25, -0.2) is 4.79 Å². The number of unbranched alkanes of at least 4 members (excludes halogenated alkanes) is 1. The van der Waals surface area contributed by atoms with Gasteiger partial charge in [0.15, 0.2) is 0 Å². The molecule has 182 valence electrons. The van der Waals surface area contributed by atoms with Crippen LogP contribution in [-0.4, -0.2) is 77.5 Å². The van der Waals surface area contributed by atoms with Crippen molar-refractivity contribution in [3.63, 3.8) is 0 Å². The number of rotatable bonds is 12. The lowest BCUT2D eigenvalue weighted by Crippen LogP contribution is -2.58. The number of carboxylic acids is 1. The molecule has 0 aromatic heterocycles. The summed E-state index contributed by atoms with van der Waals surface area (Å²) in [5.41, 5.74) is 5.58. The third-order valence-corrected chi connectivity index (χ3v) is 6.55. The van der Waals surface area contributed by atoms with Crippen LogP contribution in [0.15, 0.2) is 0 Å². The molecule has 3 amide bonds. The Morgan fingerprint density at radius 1 is 1.16 bits per heavy atom. The lowest BCUT2D eigenvalue weighted by Gasteiger charge is -2.31. The second-order valence-corrected chi connectivity index (χ2v) is 8.89. The Kier molecular flexibility index (Phi) is 10.4. The fraction of sp³-hybridized carbons (Fsp3) is 0.818. The van der Waals surface area contributed by atoms with Crippen molar-refractivity contribution < 1.29 is 24.3 Å². The van der Waals surface area contributed by atoms with Gasteiger partial charge in [-0.05, 0) is 64.0 Å². The molecule has 5 unspecified atom stereocenters. The molecule has 2 aliphatic heterocycles. The average Bonchev–Trinajstić information content (AvgIpc) is 3.48. The van der Waals surface area contributed by atoms with E-state index in [1.165, 1.54) is 4.90 Å². The predicted molar refractivity (Wildman–Crippen MR) is 120 cm³/mol. The molecule has 0 aromatic rings. The number of nitrogens with zero attached hydrogens (tertiary/aromatic N) is 1. The zero-order chi connectivity index (χ0) is 23.7. The number of hydrogen-bond donors (Lipinski definition) is 5. The fourth-order valence-corrected chi connectivity index (χ4v) is 4.35. The Hall–Kier alpha value is -2.20. The zero-order valence-electron chi connectivity index (χ0n) is 19.3. The Labute approximate surface area is 190 Å². The number of amides is 3. The molecule has 0 saturated carbocycles. The monoisotopic (exact) mass is 453 g/mol. The number of carbonyl (C=O) groups is 4. The quantitative estimate of drug-likeness (QED) is 0.260. The Morgan fingerprint density at radius 2 is 1.91 bits per heavy atom. The normalized spacial score (nSPS) is 23.4. The van der Waals surface area contributed by atoms with Crippen LogP contribution in [0, 0.1) is 5.92 Å². The maximum absolute atomic E-state index is 13.2. The molecule has 0 bridgehead atoms. The van der Waals surface area contributed by atoms with E-state index in [9.17, 15) is 24.3 Å². The van der Waals surface area contributed by atoms with E-state index in [4.69, 9.17) is 5.73 Å². The summed E-state index contributed by atoms with van der Waals surface area (Å²) in [4.78, 5) is 52.0. The van der Waals surface area contributed by atoms with Crippen molar-refractivity contribution in [3.8, 4) is 0 Å². The summed E-state index contributed by atoms with van der Waals surface area (Å²) in [5.74, 6) is -2.22. The molecule has 2 heterocycles. The summed E-state index contributed by atoms with van der Waals surface area (Å²) in [6, 6.07) is -2.79. The third-order valence-electron chi connectivity index (χ3n) is 6.55. The summed E-state index contributed by atoms with van der Waals surface area (Å²) < 4.78 is 0. The van der Waals surface area contributed by atoms with Crippen molar-refractivity contribution in [1.29, 1.82) is 0 Å². The number of nitrogens with two attached hydrogens (primary N) is 1. The second kappa shape index (κ2) is 12.7. The van der Waals surface area contributed by atoms with Gasteiger partial charge in [0.05, 0.1) is 6.04 Å². The Bertz CT molecular complexity index is 667. The van der Waals surface area contributed by atoms with Crippen molar-refractivity contribution >= 4 is 23.7 Å². The highest BCUT2D eigenvalue weighted by Crippen LogP contribution is 2.21. The lowest BCUT2D eigenvalue weighted by molar-refractivity contribution is -0.150. The molecule has 0 aliphatic carbocycles. The topological polar surface area (TPSA) is 154 Å². The number of carboxylic acid groups (broad SMARTS) is 1. The molecule has 5 atom stereocenters. The van der Waals surface area contributed by atoms with Gasteiger partial charge in [-0.15, -0.1) is 0 Å². The van der Waals surface area contributed by atoms with E-state index in [-0.39, 0.29) is 23.8 Å². The maximum atomic E-state index is 13.2. The molecule has 2 aliphatic rings. The Balaban J connectivity index is 2.12. The molecule has 0 aromatic carbocycles. The van der Waals surface area contributed by atoms with Crippen molar-refractivity contribution in [1.82, 2.24) is 20.9 Å². The summed E-state index contributed by atoms with van der Waals surface area (Å²) in [6.45, 7) is 5.41. The highest BCUT2D eigenvalue weighted by Gasteiger charge is 2.40. The van der Waals surface area contributed by atoms with E-state index in [1.807, 2.05) is 13.8 Å². The first-order valence-electron chi connectivity index (χ1n) is 11.9. The second-order valence-electron chi connectivity index (χ2n) is 8.89. The van der Waals surface area contributed by atoms with Gasteiger partial charge in [-0.3, -0.25) is 14.4 Å². The van der Waals surface area contributed by atoms with E-state index in [0.717, 1.165) is 25.8 Å². The van der Waals surface area contributed by atoms with E-state index < -0.39 is 30.0 Å². The van der Waals surface area contributed by atoms with Gasteiger partial charge in [0, 0.05) is 6.54 Å². The van der Waals surface area contributed by atoms with Crippen molar-refractivity contribution in [2.45, 2.75) is 89.4 Å². The first kappa shape index (κ1) is 26.1. The van der Waals surface area contributed by atoms with Crippen LogP contribution in [0.3, 0.4) is 0 Å². The van der Waals surface area contributed by atoms with Crippen LogP contribution in [0.4, 0.5) is 0 Å². The summed E-state index contributed by atoms with van der Waals surface area (Å²) in [5, 5.41) is 18.3. The third kappa shape index (κ3) is 6.90. The number of aliphatic carboxylic acids is 1. The highest BCUT2D eigenvalue weighted by atomic mass is 16.4. The van der Waals surface area contributed by atoms with E-state index >= 15 is 0 Å². The van der Waals surface area contributed by atoms with Gasteiger partial charge in [-0.2, -0.15) is 0 Å². The molecule has 0 radical (unpaired) electrons. The number of nitrogens with one attached hydrogen (secondary N) is 3. The minimum atomic E-state index is -1.03. The molecule has 2 fully saturated rings. The molecule has 2 rings (SSSR count). The maximum Gasteiger partial charge on any atom is 0.326 e. The van der Waals surface area contributed by atoms with Crippen LogP contribution in [0.2, 0.25) is 0 Å². The number of likely N-dealkylation sites (tertiary alicyclic amines) is 1. The van der Waals surface area contributed by atoms with E-state index in [1.54, 1.807) is 0 Å². The minimum Gasteiger partial charge on any atom is -0.480 e. The molecule has 0 spiro atoms. The molecule has 10 nitrogen and oxygen atoms in total. The minimum absolute atomic E-state index is 0.182. The largest absolute Gasteiger partial charge is 0.480 e. The SMILES string of the molecule is CCC(C)C(NC(=O)C(CCCCN)NC(=O)C1CCCN1)C(=O)N1CCCC1C(=O)O. The van der Waals surface area contributed by atoms with Gasteiger partial charge in [0.2, 0.25) is 17.7 Å². The van der Waals surface area contributed by atoms with Gasteiger partial charge in [-0.1, -0.05) is 20.3 Å². The van der Waals surface area contributed by atoms with Crippen molar-refractivity contribution in [2.24, 2.45) is 11.7 Å². The fourth-order valence-electron chi connectivity index (χ4n) is 4.35. The first-order valence-corrected chi connectivity index (χ1v) is 11.9. The molecule has 2 saturated heterocycles. The molecule has 32 heavy (non-hydrogen) atoms. The van der Waals surface area contributed by atoms with Gasteiger partial charge in [0.1, 0.15) is 18.1 Å². The number of carbonyl (C=O) groups excluding carboxylic acids is 3. The van der Waals surface area contributed by atoms with Crippen LogP contribution in [-0.2, 0) is 19.2 Å². The van der Waals surface area contributed by atoms with Crippen LogP contribution in [0.25, 0.3) is 0 Å². The van der Waals surface area contributed by atoms with E-state index in [0.29, 0.717) is 45.2 Å². The molecular formula is C22H39N5O5. The van der Waals surface area contributed by atoms with Crippen LogP contribution >= 0.6 is 0 Å². The smallest absolute Gasteiger partial charge is 0.326 e. The predicted octanol–water partition coefficient (Wildman–Crippen LogP) is -0.0413. The van der Waals surface area contributed by atoms with Crippen LogP contribution in [0.5, 0.6) is 0 Å². The first-order chi connectivity index (χ1) is 15.3. The standard InChI is InChI=1S/C22H39N5O5/c1-3-14(2)18(21(30)27-13-7-10-17(27)22(31)32)26-20(29)16(8-4-5-11-23)25-19(28)15-9-6-12-24-15/h14-18,24H,3-13,23H2,1-2H3,(H,25,28)(H,26,29)(H,31,32).